The van der Waals surface area contributed by atoms with Gasteiger partial charge >= 0.3 is 0 Å². The molecule has 1 aliphatic heterocycles. The monoisotopic (exact) mass is 406 g/mol. The van der Waals surface area contributed by atoms with E-state index in [9.17, 15) is 0 Å². The number of hydrogen-bond donors (Lipinski definition) is 1. The molecule has 0 amide bonds. The van der Waals surface area contributed by atoms with Gasteiger partial charge in [-0.2, -0.15) is 0 Å². The van der Waals surface area contributed by atoms with Crippen molar-refractivity contribution < 1.29 is 0 Å². The van der Waals surface area contributed by atoms with Crippen LogP contribution in [0.25, 0.3) is 10.9 Å². The Balaban J connectivity index is 1.84. The van der Waals surface area contributed by atoms with E-state index in [0.717, 1.165) is 24.9 Å². The number of hydrogen-bond acceptors (Lipinski definition) is 4. The Kier molecular flexibility index (Phi) is 5.62. The first kappa shape index (κ1) is 18.3. The highest BCUT2D eigenvalue weighted by molar-refractivity contribution is 6.66. The Morgan fingerprint density at radius 2 is 2.08 bits per heavy atom. The zero-order valence-corrected chi connectivity index (χ0v) is 16.2. The summed E-state index contributed by atoms with van der Waals surface area (Å²) in [7, 11) is 2.17. The van der Waals surface area contributed by atoms with Gasteiger partial charge in [-0.05, 0) is 51.1 Å². The van der Waals surface area contributed by atoms with E-state index in [0.29, 0.717) is 22.4 Å². The standard InChI is InChI=1S/C16H18Cl4N4/c1-24-8-2-3-11(24)6-7-21-14-12-5-4-10(17)9-13(12)22-15(23-14)16(18,19)20/h4-5,9,11H,2-3,6-8H2,1H3,(H,21,22,23). The Bertz CT molecular complexity index is 732. The molecule has 0 spiro atoms. The van der Waals surface area contributed by atoms with Crippen LogP contribution in [0.1, 0.15) is 25.1 Å². The van der Waals surface area contributed by atoms with Crippen molar-refractivity contribution >= 4 is 63.1 Å². The third kappa shape index (κ3) is 4.17. The number of benzene rings is 1. The molecule has 1 aliphatic rings. The molecule has 24 heavy (non-hydrogen) atoms. The zero-order valence-electron chi connectivity index (χ0n) is 13.2. The molecule has 4 nitrogen and oxygen atoms in total. The fraction of sp³-hybridized carbons (Fsp3) is 0.500. The van der Waals surface area contributed by atoms with Crippen LogP contribution in [-0.2, 0) is 3.79 Å². The summed E-state index contributed by atoms with van der Waals surface area (Å²) in [6, 6.07) is 6.03. The van der Waals surface area contributed by atoms with Crippen molar-refractivity contribution in [2.75, 3.05) is 25.5 Å². The summed E-state index contributed by atoms with van der Waals surface area (Å²) >= 11 is 24.0. The third-order valence-corrected chi connectivity index (χ3v) is 5.10. The smallest absolute Gasteiger partial charge is 0.250 e. The van der Waals surface area contributed by atoms with E-state index in [1.165, 1.54) is 12.8 Å². The van der Waals surface area contributed by atoms with Gasteiger partial charge in [0.05, 0.1) is 5.52 Å². The summed E-state index contributed by atoms with van der Waals surface area (Å²) in [5.41, 5.74) is 0.652. The van der Waals surface area contributed by atoms with Crippen molar-refractivity contribution in [2.45, 2.75) is 29.1 Å². The lowest BCUT2D eigenvalue weighted by molar-refractivity contribution is 0.301. The molecule has 130 valence electrons. The van der Waals surface area contributed by atoms with E-state index in [1.54, 1.807) is 12.1 Å². The van der Waals surface area contributed by atoms with Crippen LogP contribution < -0.4 is 5.32 Å². The Morgan fingerprint density at radius 1 is 1.29 bits per heavy atom. The van der Waals surface area contributed by atoms with E-state index in [-0.39, 0.29) is 5.82 Å². The molecule has 1 fully saturated rings. The van der Waals surface area contributed by atoms with Gasteiger partial charge in [0, 0.05) is 23.0 Å². The van der Waals surface area contributed by atoms with Gasteiger partial charge in [0.1, 0.15) is 5.82 Å². The van der Waals surface area contributed by atoms with E-state index in [1.807, 2.05) is 6.07 Å². The van der Waals surface area contributed by atoms with Crippen molar-refractivity contribution in [3.8, 4) is 0 Å². The number of anilines is 1. The van der Waals surface area contributed by atoms with E-state index >= 15 is 0 Å². The minimum atomic E-state index is -1.68. The quantitative estimate of drug-likeness (QED) is 0.723. The number of rotatable bonds is 4. The van der Waals surface area contributed by atoms with Gasteiger partial charge < -0.3 is 10.2 Å². The van der Waals surface area contributed by atoms with E-state index in [2.05, 4.69) is 27.2 Å². The Labute approximate surface area is 161 Å². The molecule has 0 saturated carbocycles. The largest absolute Gasteiger partial charge is 0.369 e. The van der Waals surface area contributed by atoms with Crippen LogP contribution in [0, 0.1) is 0 Å². The molecular formula is C16H18Cl4N4. The highest BCUT2D eigenvalue weighted by Crippen LogP contribution is 2.38. The lowest BCUT2D eigenvalue weighted by Gasteiger charge is -2.20. The second-order valence-electron chi connectivity index (χ2n) is 6.05. The number of likely N-dealkylation sites (tertiary alicyclic amines) is 1. The summed E-state index contributed by atoms with van der Waals surface area (Å²) in [6.07, 6.45) is 3.53. The molecule has 0 radical (unpaired) electrons. The van der Waals surface area contributed by atoms with Crippen molar-refractivity contribution in [3.63, 3.8) is 0 Å². The number of alkyl halides is 3. The molecule has 0 bridgehead atoms. The van der Waals surface area contributed by atoms with Crippen LogP contribution in [0.4, 0.5) is 5.82 Å². The highest BCUT2D eigenvalue weighted by Gasteiger charge is 2.28. The molecule has 3 rings (SSSR count). The first-order valence-corrected chi connectivity index (χ1v) is 9.34. The van der Waals surface area contributed by atoms with Crippen LogP contribution >= 0.6 is 46.4 Å². The van der Waals surface area contributed by atoms with Gasteiger partial charge in [-0.15, -0.1) is 0 Å². The lowest BCUT2D eigenvalue weighted by Crippen LogP contribution is -2.27. The van der Waals surface area contributed by atoms with E-state index in [4.69, 9.17) is 46.4 Å². The van der Waals surface area contributed by atoms with Crippen LogP contribution in [0.2, 0.25) is 5.02 Å². The molecule has 1 saturated heterocycles. The average molecular weight is 408 g/mol. The maximum Gasteiger partial charge on any atom is 0.250 e. The van der Waals surface area contributed by atoms with Crippen LogP contribution in [0.5, 0.6) is 0 Å². The third-order valence-electron chi connectivity index (χ3n) is 4.35. The number of aromatic nitrogens is 2. The minimum Gasteiger partial charge on any atom is -0.369 e. The second-order valence-corrected chi connectivity index (χ2v) is 8.76. The predicted octanol–water partition coefficient (Wildman–Crippen LogP) is 5.01. The van der Waals surface area contributed by atoms with Crippen LogP contribution in [0.15, 0.2) is 18.2 Å². The molecule has 1 aromatic heterocycles. The molecule has 1 unspecified atom stereocenters. The molecule has 0 aliphatic carbocycles. The van der Waals surface area contributed by atoms with Gasteiger partial charge in [0.2, 0.25) is 3.79 Å². The van der Waals surface area contributed by atoms with Crippen molar-refractivity contribution in [1.29, 1.82) is 0 Å². The maximum atomic E-state index is 6.06. The summed E-state index contributed by atoms with van der Waals surface area (Å²) < 4.78 is -1.68. The van der Waals surface area contributed by atoms with Crippen LogP contribution in [-0.4, -0.2) is 41.0 Å². The maximum absolute atomic E-state index is 6.06. The second kappa shape index (κ2) is 7.38. The average Bonchev–Trinajstić information content (AvgIpc) is 2.91. The van der Waals surface area contributed by atoms with E-state index < -0.39 is 3.79 Å². The summed E-state index contributed by atoms with van der Waals surface area (Å²) in [5.74, 6) is 0.807. The van der Waals surface area contributed by atoms with Gasteiger partial charge in [-0.1, -0.05) is 46.4 Å². The topological polar surface area (TPSA) is 41.0 Å². The predicted molar refractivity (Wildman–Crippen MR) is 103 cm³/mol. The molecule has 1 atom stereocenters. The molecule has 1 N–H and O–H groups in total. The highest BCUT2D eigenvalue weighted by atomic mass is 35.6. The fourth-order valence-electron chi connectivity index (χ4n) is 3.07. The number of fused-ring (bicyclic) bond motifs is 1. The van der Waals surface area contributed by atoms with Gasteiger partial charge in [0.25, 0.3) is 0 Å². The normalized spacial score (nSPS) is 19.1. The van der Waals surface area contributed by atoms with Crippen molar-refractivity contribution in [2.24, 2.45) is 0 Å². The molecule has 2 aromatic rings. The van der Waals surface area contributed by atoms with Gasteiger partial charge in [-0.25, -0.2) is 9.97 Å². The molecular weight excluding hydrogens is 390 g/mol. The van der Waals surface area contributed by atoms with Crippen LogP contribution in [0.3, 0.4) is 0 Å². The number of nitrogens with one attached hydrogen (secondary N) is 1. The Hall–Kier alpha value is -0.520. The Morgan fingerprint density at radius 3 is 2.75 bits per heavy atom. The van der Waals surface area contributed by atoms with Crippen molar-refractivity contribution in [1.82, 2.24) is 14.9 Å². The van der Waals surface area contributed by atoms with Crippen molar-refractivity contribution in [3.05, 3.63) is 29.0 Å². The SMILES string of the molecule is CN1CCCC1CCNc1nc(C(Cl)(Cl)Cl)nc2cc(Cl)ccc12. The number of halogens is 4. The lowest BCUT2D eigenvalue weighted by atomic mass is 10.1. The first-order valence-electron chi connectivity index (χ1n) is 7.83. The fourth-order valence-corrected chi connectivity index (χ4v) is 3.49. The first-order chi connectivity index (χ1) is 11.3. The van der Waals surface area contributed by atoms with Gasteiger partial charge in [-0.3, -0.25) is 0 Å². The molecule has 1 aromatic carbocycles. The zero-order chi connectivity index (χ0) is 17.3. The minimum absolute atomic E-state index is 0.141. The summed E-state index contributed by atoms with van der Waals surface area (Å²) in [5, 5.41) is 4.81. The molecule has 2 heterocycles. The molecule has 8 heteroatoms. The summed E-state index contributed by atoms with van der Waals surface area (Å²) in [4.78, 5) is 11.1. The summed E-state index contributed by atoms with van der Waals surface area (Å²) in [6.45, 7) is 1.96. The number of nitrogens with zero attached hydrogens (tertiary/aromatic N) is 3. The van der Waals surface area contributed by atoms with Gasteiger partial charge in [0.15, 0.2) is 5.82 Å².